The number of fused-ring (bicyclic) bond motifs is 2. The quantitative estimate of drug-likeness (QED) is 0.387. The first-order valence-corrected chi connectivity index (χ1v) is 11.8. The number of nitrogens with zero attached hydrogens (tertiary/aromatic N) is 5. The predicted octanol–water partition coefficient (Wildman–Crippen LogP) is 5.94. The van der Waals surface area contributed by atoms with E-state index in [0.29, 0.717) is 11.7 Å². The average Bonchev–Trinajstić information content (AvgIpc) is 3.27. The number of aryl methyl sites for hydroxylation is 1. The predicted molar refractivity (Wildman–Crippen MR) is 136 cm³/mol. The molecule has 0 aromatic carbocycles. The molecule has 0 bridgehead atoms. The smallest absolute Gasteiger partial charge is 0.184 e. The second-order valence-corrected chi connectivity index (χ2v) is 11.2. The van der Waals surface area contributed by atoms with E-state index in [1.165, 1.54) is 6.07 Å². The summed E-state index contributed by atoms with van der Waals surface area (Å²) in [7, 11) is 2.21. The summed E-state index contributed by atoms with van der Waals surface area (Å²) in [5.41, 5.74) is 3.63. The summed E-state index contributed by atoms with van der Waals surface area (Å²) in [6.07, 6.45) is 7.57. The average molecular weight is 489 g/mol. The molecule has 0 spiro atoms. The van der Waals surface area contributed by atoms with Crippen molar-refractivity contribution < 1.29 is 4.39 Å². The molecule has 4 aromatic heterocycles. The van der Waals surface area contributed by atoms with Gasteiger partial charge in [0.25, 0.3) is 0 Å². The van der Waals surface area contributed by atoms with Crippen molar-refractivity contribution in [3.63, 3.8) is 0 Å². The first-order chi connectivity index (χ1) is 15.0. The van der Waals surface area contributed by atoms with Crippen molar-refractivity contribution in [3.8, 4) is 11.3 Å². The third-order valence-electron chi connectivity index (χ3n) is 6.83. The number of imidazole rings is 1. The second kappa shape index (κ2) is 8.18. The SMILES string of the molecule is Cc1cn2cc(-c3cc4sc(NC5CC(C)(C)N(C)C(C)(C)C5)nc4cn3)cc(F)c2n1.Cl. The fourth-order valence-corrected chi connectivity index (χ4v) is 5.97. The van der Waals surface area contributed by atoms with Gasteiger partial charge in [-0.15, -0.1) is 12.4 Å². The standard InChI is InChI=1S/C24H29FN6S.ClH/c1-14-12-31-13-15(7-17(25)21(31)27-14)18-8-20-19(11-26-18)29-22(32-20)28-16-9-23(2,3)30(6)24(4,5)10-16;/h7-8,11-13,16H,9-10H2,1-6H3,(H,28,29);1H. The molecule has 1 saturated heterocycles. The Labute approximate surface area is 203 Å². The van der Waals surface area contributed by atoms with Gasteiger partial charge in [0.05, 0.1) is 22.3 Å². The molecule has 0 radical (unpaired) electrons. The van der Waals surface area contributed by atoms with E-state index in [9.17, 15) is 4.39 Å². The van der Waals surface area contributed by atoms with E-state index in [-0.39, 0.29) is 29.3 Å². The maximum Gasteiger partial charge on any atom is 0.184 e. The Balaban J connectivity index is 0.00000259. The first kappa shape index (κ1) is 23.9. The van der Waals surface area contributed by atoms with E-state index in [2.05, 4.69) is 54.9 Å². The summed E-state index contributed by atoms with van der Waals surface area (Å²) >= 11 is 1.62. The Kier molecular flexibility index (Phi) is 5.91. The fourth-order valence-electron chi connectivity index (χ4n) is 5.02. The number of likely N-dealkylation sites (tertiary alicyclic amines) is 1. The van der Waals surface area contributed by atoms with Gasteiger partial charge in [-0.1, -0.05) is 11.3 Å². The maximum absolute atomic E-state index is 14.5. The fraction of sp³-hybridized carbons (Fsp3) is 0.458. The minimum absolute atomic E-state index is 0. The number of piperidine rings is 1. The molecule has 4 aromatic rings. The molecule has 1 fully saturated rings. The second-order valence-electron chi connectivity index (χ2n) is 10.2. The lowest BCUT2D eigenvalue weighted by Gasteiger charge is -2.53. The molecular weight excluding hydrogens is 459 g/mol. The van der Waals surface area contributed by atoms with Gasteiger partial charge in [-0.3, -0.25) is 9.88 Å². The molecule has 33 heavy (non-hydrogen) atoms. The van der Waals surface area contributed by atoms with Gasteiger partial charge in [-0.25, -0.2) is 14.4 Å². The number of hydrogen-bond donors (Lipinski definition) is 1. The Morgan fingerprint density at radius 2 is 1.79 bits per heavy atom. The van der Waals surface area contributed by atoms with Crippen LogP contribution in [0.3, 0.4) is 0 Å². The van der Waals surface area contributed by atoms with Crippen LogP contribution in [-0.2, 0) is 0 Å². The van der Waals surface area contributed by atoms with E-state index < -0.39 is 0 Å². The van der Waals surface area contributed by atoms with Gasteiger partial charge in [0.1, 0.15) is 5.52 Å². The number of rotatable bonds is 3. The summed E-state index contributed by atoms with van der Waals surface area (Å²) in [4.78, 5) is 16.0. The third-order valence-corrected chi connectivity index (χ3v) is 7.78. The Morgan fingerprint density at radius 3 is 2.48 bits per heavy atom. The van der Waals surface area contributed by atoms with Crippen LogP contribution in [0, 0.1) is 12.7 Å². The van der Waals surface area contributed by atoms with Crippen molar-refractivity contribution >= 4 is 44.7 Å². The highest BCUT2D eigenvalue weighted by Gasteiger charge is 2.43. The molecule has 5 heterocycles. The monoisotopic (exact) mass is 488 g/mol. The summed E-state index contributed by atoms with van der Waals surface area (Å²) in [6, 6.07) is 3.84. The van der Waals surface area contributed by atoms with Crippen LogP contribution in [0.15, 0.2) is 30.7 Å². The van der Waals surface area contributed by atoms with E-state index in [0.717, 1.165) is 45.1 Å². The van der Waals surface area contributed by atoms with Crippen molar-refractivity contribution in [2.45, 2.75) is 64.6 Å². The van der Waals surface area contributed by atoms with Gasteiger partial charge >= 0.3 is 0 Å². The number of nitrogens with one attached hydrogen (secondary N) is 1. The molecule has 0 atom stereocenters. The molecule has 0 saturated carbocycles. The zero-order chi connectivity index (χ0) is 22.8. The molecule has 1 aliphatic heterocycles. The van der Waals surface area contributed by atoms with Gasteiger partial charge in [0.2, 0.25) is 0 Å². The van der Waals surface area contributed by atoms with Crippen LogP contribution in [0.25, 0.3) is 27.1 Å². The molecular formula is C24H30ClFN6S. The zero-order valence-corrected chi connectivity index (χ0v) is 21.4. The van der Waals surface area contributed by atoms with Crippen LogP contribution in [0.5, 0.6) is 0 Å². The molecule has 0 aliphatic carbocycles. The molecule has 176 valence electrons. The number of pyridine rings is 2. The normalized spacial score (nSPS) is 18.5. The van der Waals surface area contributed by atoms with Gasteiger partial charge in [-0.05, 0) is 66.6 Å². The van der Waals surface area contributed by atoms with E-state index in [4.69, 9.17) is 4.98 Å². The van der Waals surface area contributed by atoms with E-state index in [1.807, 2.05) is 25.4 Å². The van der Waals surface area contributed by atoms with Crippen LogP contribution in [0.4, 0.5) is 9.52 Å². The molecule has 9 heteroatoms. The van der Waals surface area contributed by atoms with Crippen LogP contribution in [0.2, 0.25) is 0 Å². The van der Waals surface area contributed by atoms with Crippen molar-refractivity contribution in [1.82, 2.24) is 24.3 Å². The Hall–Kier alpha value is -2.29. The van der Waals surface area contributed by atoms with Crippen LogP contribution in [0.1, 0.15) is 46.2 Å². The molecule has 0 amide bonds. The minimum atomic E-state index is -0.350. The van der Waals surface area contributed by atoms with Crippen molar-refractivity contribution in [3.05, 3.63) is 42.2 Å². The molecule has 1 N–H and O–H groups in total. The maximum atomic E-state index is 14.5. The van der Waals surface area contributed by atoms with Gasteiger partial charge in [0, 0.05) is 35.1 Å². The number of hydrogen-bond acceptors (Lipinski definition) is 6. The zero-order valence-electron chi connectivity index (χ0n) is 19.8. The number of anilines is 1. The van der Waals surface area contributed by atoms with E-state index >= 15 is 0 Å². The van der Waals surface area contributed by atoms with Crippen molar-refractivity contribution in [1.29, 1.82) is 0 Å². The summed E-state index contributed by atoms with van der Waals surface area (Å²) in [5, 5.41) is 4.59. The molecule has 5 rings (SSSR count). The first-order valence-electron chi connectivity index (χ1n) is 10.9. The number of aromatic nitrogens is 4. The van der Waals surface area contributed by atoms with Gasteiger partial charge < -0.3 is 9.72 Å². The lowest BCUT2D eigenvalue weighted by Crippen LogP contribution is -2.61. The van der Waals surface area contributed by atoms with Crippen molar-refractivity contribution in [2.24, 2.45) is 0 Å². The van der Waals surface area contributed by atoms with E-state index in [1.54, 1.807) is 21.9 Å². The van der Waals surface area contributed by atoms with Crippen LogP contribution < -0.4 is 5.32 Å². The minimum Gasteiger partial charge on any atom is -0.359 e. The highest BCUT2D eigenvalue weighted by Crippen LogP contribution is 2.39. The summed E-state index contributed by atoms with van der Waals surface area (Å²) in [5.74, 6) is -0.350. The summed E-state index contributed by atoms with van der Waals surface area (Å²) in [6.45, 7) is 11.1. The van der Waals surface area contributed by atoms with Crippen LogP contribution >= 0.6 is 23.7 Å². The Bertz CT molecular complexity index is 1310. The Morgan fingerprint density at radius 1 is 1.09 bits per heavy atom. The highest BCUT2D eigenvalue weighted by atomic mass is 35.5. The number of halogens is 2. The molecule has 1 aliphatic rings. The molecule has 0 unspecified atom stereocenters. The van der Waals surface area contributed by atoms with Crippen molar-refractivity contribution in [2.75, 3.05) is 12.4 Å². The van der Waals surface area contributed by atoms with Gasteiger partial charge in [-0.2, -0.15) is 0 Å². The molecule has 6 nitrogen and oxygen atoms in total. The summed E-state index contributed by atoms with van der Waals surface area (Å²) < 4.78 is 17.3. The highest BCUT2D eigenvalue weighted by molar-refractivity contribution is 7.22. The number of thiazole rings is 1. The lowest BCUT2D eigenvalue weighted by molar-refractivity contribution is -0.00767. The lowest BCUT2D eigenvalue weighted by atomic mass is 9.77. The van der Waals surface area contributed by atoms with Gasteiger partial charge in [0.15, 0.2) is 16.6 Å². The third kappa shape index (κ3) is 4.32. The van der Waals surface area contributed by atoms with Crippen LogP contribution in [-0.4, -0.2) is 48.4 Å². The largest absolute Gasteiger partial charge is 0.359 e. The topological polar surface area (TPSA) is 58.4 Å².